The standard InChI is InChI=1S/C13H25NO/c1-15-13(11-5-3-2-4-6-11)12-7-9-14-10-8-12/h11-14H,2-10H2,1H3. The van der Waals surface area contributed by atoms with Crippen molar-refractivity contribution in [1.82, 2.24) is 5.32 Å². The minimum absolute atomic E-state index is 0.549. The SMILES string of the molecule is COC(C1CCCCC1)C1CCNCC1. The van der Waals surface area contributed by atoms with Crippen molar-refractivity contribution in [2.45, 2.75) is 51.0 Å². The molecule has 0 radical (unpaired) electrons. The average Bonchev–Trinajstić information content (AvgIpc) is 2.33. The van der Waals surface area contributed by atoms with E-state index in [9.17, 15) is 0 Å². The molecule has 1 saturated carbocycles. The van der Waals surface area contributed by atoms with Gasteiger partial charge in [-0.1, -0.05) is 19.3 Å². The Balaban J connectivity index is 1.88. The first kappa shape index (κ1) is 11.4. The minimum atomic E-state index is 0.549. The Labute approximate surface area is 93.8 Å². The second-order valence-electron chi connectivity index (χ2n) is 5.19. The van der Waals surface area contributed by atoms with Crippen LogP contribution >= 0.6 is 0 Å². The summed E-state index contributed by atoms with van der Waals surface area (Å²) in [7, 11) is 1.92. The molecule has 2 fully saturated rings. The molecule has 2 aliphatic rings. The second kappa shape index (κ2) is 5.86. The third kappa shape index (κ3) is 2.94. The van der Waals surface area contributed by atoms with Gasteiger partial charge in [0.1, 0.15) is 0 Å². The van der Waals surface area contributed by atoms with Gasteiger partial charge < -0.3 is 10.1 Å². The van der Waals surface area contributed by atoms with Crippen molar-refractivity contribution in [2.24, 2.45) is 11.8 Å². The van der Waals surface area contributed by atoms with Gasteiger partial charge in [-0.2, -0.15) is 0 Å². The van der Waals surface area contributed by atoms with E-state index in [0.29, 0.717) is 6.10 Å². The summed E-state index contributed by atoms with van der Waals surface area (Å²) in [5.74, 6) is 1.67. The molecule has 1 unspecified atom stereocenters. The second-order valence-corrected chi connectivity index (χ2v) is 5.19. The van der Waals surface area contributed by atoms with Gasteiger partial charge in [0.2, 0.25) is 0 Å². The van der Waals surface area contributed by atoms with Gasteiger partial charge >= 0.3 is 0 Å². The Kier molecular flexibility index (Phi) is 4.45. The number of methoxy groups -OCH3 is 1. The summed E-state index contributed by atoms with van der Waals surface area (Å²) in [6, 6.07) is 0. The third-order valence-corrected chi connectivity index (χ3v) is 4.24. The van der Waals surface area contributed by atoms with Crippen molar-refractivity contribution >= 4 is 0 Å². The summed E-state index contributed by atoms with van der Waals surface area (Å²) in [6.07, 6.45) is 10.3. The summed E-state index contributed by atoms with van der Waals surface area (Å²) in [5.41, 5.74) is 0. The Hall–Kier alpha value is -0.0800. The lowest BCUT2D eigenvalue weighted by Crippen LogP contribution is -2.39. The minimum Gasteiger partial charge on any atom is -0.381 e. The van der Waals surface area contributed by atoms with Gasteiger partial charge in [0.05, 0.1) is 6.10 Å². The molecule has 0 aromatic rings. The van der Waals surface area contributed by atoms with Crippen molar-refractivity contribution < 1.29 is 4.74 Å². The van der Waals surface area contributed by atoms with Crippen molar-refractivity contribution in [2.75, 3.05) is 20.2 Å². The van der Waals surface area contributed by atoms with Crippen LogP contribution in [-0.4, -0.2) is 26.3 Å². The molecular weight excluding hydrogens is 186 g/mol. The van der Waals surface area contributed by atoms with Gasteiger partial charge in [-0.15, -0.1) is 0 Å². The number of piperidine rings is 1. The van der Waals surface area contributed by atoms with E-state index in [2.05, 4.69) is 5.32 Å². The van der Waals surface area contributed by atoms with Crippen molar-refractivity contribution in [3.63, 3.8) is 0 Å². The van der Waals surface area contributed by atoms with Gasteiger partial charge in [-0.25, -0.2) is 0 Å². The molecule has 2 nitrogen and oxygen atoms in total. The summed E-state index contributed by atoms with van der Waals surface area (Å²) in [6.45, 7) is 2.38. The zero-order valence-corrected chi connectivity index (χ0v) is 10.0. The lowest BCUT2D eigenvalue weighted by Gasteiger charge is -2.36. The van der Waals surface area contributed by atoms with Gasteiger partial charge in [0.25, 0.3) is 0 Å². The summed E-state index contributed by atoms with van der Waals surface area (Å²) >= 11 is 0. The number of ether oxygens (including phenoxy) is 1. The van der Waals surface area contributed by atoms with Crippen LogP contribution in [0.5, 0.6) is 0 Å². The molecule has 88 valence electrons. The lowest BCUT2D eigenvalue weighted by atomic mass is 9.77. The first-order valence-electron chi connectivity index (χ1n) is 6.65. The van der Waals surface area contributed by atoms with Gasteiger partial charge in [0.15, 0.2) is 0 Å². The maximum absolute atomic E-state index is 5.80. The predicted octanol–water partition coefficient (Wildman–Crippen LogP) is 2.58. The van der Waals surface area contributed by atoms with Crippen LogP contribution in [-0.2, 0) is 4.74 Å². The summed E-state index contributed by atoms with van der Waals surface area (Å²) in [5, 5.41) is 3.44. The molecule has 15 heavy (non-hydrogen) atoms. The average molecular weight is 211 g/mol. The molecule has 1 N–H and O–H groups in total. The zero-order valence-electron chi connectivity index (χ0n) is 10.0. The molecule has 0 aromatic heterocycles. The summed E-state index contributed by atoms with van der Waals surface area (Å²) < 4.78 is 5.80. The van der Waals surface area contributed by atoms with Crippen LogP contribution in [0.25, 0.3) is 0 Å². The zero-order chi connectivity index (χ0) is 10.5. The molecule has 0 amide bonds. The molecule has 1 aliphatic carbocycles. The summed E-state index contributed by atoms with van der Waals surface area (Å²) in [4.78, 5) is 0. The highest BCUT2D eigenvalue weighted by molar-refractivity contribution is 4.83. The quantitative estimate of drug-likeness (QED) is 0.774. The van der Waals surface area contributed by atoms with Crippen molar-refractivity contribution in [1.29, 1.82) is 0 Å². The lowest BCUT2D eigenvalue weighted by molar-refractivity contribution is -0.0160. The maximum atomic E-state index is 5.80. The predicted molar refractivity (Wildman–Crippen MR) is 63.0 cm³/mol. The Bertz CT molecular complexity index is 153. The fourth-order valence-corrected chi connectivity index (χ4v) is 3.41. The fourth-order valence-electron chi connectivity index (χ4n) is 3.41. The first-order valence-corrected chi connectivity index (χ1v) is 6.65. The van der Waals surface area contributed by atoms with E-state index < -0.39 is 0 Å². The van der Waals surface area contributed by atoms with Crippen LogP contribution in [0, 0.1) is 11.8 Å². The van der Waals surface area contributed by atoms with E-state index in [1.54, 1.807) is 0 Å². The van der Waals surface area contributed by atoms with E-state index in [-0.39, 0.29) is 0 Å². The highest BCUT2D eigenvalue weighted by Gasteiger charge is 2.31. The normalized spacial score (nSPS) is 27.8. The molecule has 2 rings (SSSR count). The molecule has 0 spiro atoms. The van der Waals surface area contributed by atoms with Crippen LogP contribution in [0.15, 0.2) is 0 Å². The van der Waals surface area contributed by atoms with Crippen LogP contribution < -0.4 is 5.32 Å². The van der Waals surface area contributed by atoms with E-state index in [1.165, 1.54) is 58.0 Å². The number of hydrogen-bond donors (Lipinski definition) is 1. The fraction of sp³-hybridized carbons (Fsp3) is 1.00. The van der Waals surface area contributed by atoms with E-state index in [4.69, 9.17) is 4.74 Å². The topological polar surface area (TPSA) is 21.3 Å². The Morgan fingerprint density at radius 1 is 0.933 bits per heavy atom. The smallest absolute Gasteiger partial charge is 0.0628 e. The van der Waals surface area contributed by atoms with E-state index in [1.807, 2.05) is 7.11 Å². The van der Waals surface area contributed by atoms with Crippen molar-refractivity contribution in [3.8, 4) is 0 Å². The molecule has 1 heterocycles. The first-order chi connectivity index (χ1) is 7.42. The van der Waals surface area contributed by atoms with Gasteiger partial charge in [0, 0.05) is 7.11 Å². The van der Waals surface area contributed by atoms with Crippen LogP contribution in [0.3, 0.4) is 0 Å². The third-order valence-electron chi connectivity index (χ3n) is 4.24. The van der Waals surface area contributed by atoms with Crippen LogP contribution in [0.2, 0.25) is 0 Å². The molecule has 1 aliphatic heterocycles. The Morgan fingerprint density at radius 2 is 1.53 bits per heavy atom. The number of hydrogen-bond acceptors (Lipinski definition) is 2. The van der Waals surface area contributed by atoms with Gasteiger partial charge in [-0.05, 0) is 50.6 Å². The molecule has 2 heteroatoms. The van der Waals surface area contributed by atoms with E-state index >= 15 is 0 Å². The highest BCUT2D eigenvalue weighted by atomic mass is 16.5. The van der Waals surface area contributed by atoms with Crippen molar-refractivity contribution in [3.05, 3.63) is 0 Å². The highest BCUT2D eigenvalue weighted by Crippen LogP contribution is 2.33. The monoisotopic (exact) mass is 211 g/mol. The number of rotatable bonds is 3. The van der Waals surface area contributed by atoms with Crippen LogP contribution in [0.1, 0.15) is 44.9 Å². The molecular formula is C13H25NO. The molecule has 1 atom stereocenters. The largest absolute Gasteiger partial charge is 0.381 e. The number of nitrogens with one attached hydrogen (secondary N) is 1. The van der Waals surface area contributed by atoms with E-state index in [0.717, 1.165) is 11.8 Å². The van der Waals surface area contributed by atoms with Crippen LogP contribution in [0.4, 0.5) is 0 Å². The molecule has 0 bridgehead atoms. The Morgan fingerprint density at radius 3 is 2.13 bits per heavy atom. The molecule has 0 aromatic carbocycles. The molecule has 1 saturated heterocycles. The maximum Gasteiger partial charge on any atom is 0.0628 e. The van der Waals surface area contributed by atoms with Gasteiger partial charge in [-0.3, -0.25) is 0 Å².